The molecule has 4 heteroatoms. The van der Waals surface area contributed by atoms with E-state index >= 15 is 0 Å². The molecule has 0 aliphatic rings. The molecule has 0 saturated heterocycles. The number of carbonyl (C=O) groups excluding carboxylic acids is 1. The zero-order chi connectivity index (χ0) is 15.4. The van der Waals surface area contributed by atoms with Crippen LogP contribution in [0.4, 0.5) is 0 Å². The largest absolute Gasteiger partial charge is 0.347 e. The van der Waals surface area contributed by atoms with E-state index in [1.54, 1.807) is 12.4 Å². The highest BCUT2D eigenvalue weighted by atomic mass is 16.1. The van der Waals surface area contributed by atoms with E-state index in [2.05, 4.69) is 16.2 Å². The van der Waals surface area contributed by atoms with E-state index in [-0.39, 0.29) is 5.91 Å². The zero-order valence-corrected chi connectivity index (χ0v) is 12.0. The molecule has 1 amide bonds. The second-order valence-corrected chi connectivity index (χ2v) is 4.92. The van der Waals surface area contributed by atoms with Crippen LogP contribution in [-0.4, -0.2) is 15.5 Å². The Morgan fingerprint density at radius 1 is 1.23 bits per heavy atom. The first kappa shape index (κ1) is 13.9. The molecule has 0 atom stereocenters. The number of terminal acetylenes is 1. The SMILES string of the molecule is C#CCn1c(C(=O)NCc2ccncc2)cc2ccccc21. The van der Waals surface area contributed by atoms with Crippen molar-refractivity contribution in [3.8, 4) is 12.3 Å². The van der Waals surface area contributed by atoms with Crippen LogP contribution < -0.4 is 5.32 Å². The summed E-state index contributed by atoms with van der Waals surface area (Å²) in [6, 6.07) is 13.4. The van der Waals surface area contributed by atoms with Gasteiger partial charge in [0.2, 0.25) is 0 Å². The minimum atomic E-state index is -0.136. The van der Waals surface area contributed by atoms with E-state index in [1.165, 1.54) is 0 Å². The lowest BCUT2D eigenvalue weighted by Gasteiger charge is -2.08. The van der Waals surface area contributed by atoms with Crippen LogP contribution in [0.1, 0.15) is 16.1 Å². The lowest BCUT2D eigenvalue weighted by Crippen LogP contribution is -2.25. The number of aromatic nitrogens is 2. The van der Waals surface area contributed by atoms with Crippen LogP contribution in [0.25, 0.3) is 10.9 Å². The van der Waals surface area contributed by atoms with Crippen molar-refractivity contribution in [2.45, 2.75) is 13.1 Å². The molecule has 0 fully saturated rings. The van der Waals surface area contributed by atoms with Gasteiger partial charge in [-0.15, -0.1) is 6.42 Å². The normalized spacial score (nSPS) is 10.3. The van der Waals surface area contributed by atoms with Crippen molar-refractivity contribution in [1.82, 2.24) is 14.9 Å². The number of nitrogens with zero attached hydrogens (tertiary/aromatic N) is 2. The first-order valence-corrected chi connectivity index (χ1v) is 6.98. The van der Waals surface area contributed by atoms with Gasteiger partial charge in [-0.05, 0) is 29.8 Å². The fourth-order valence-electron chi connectivity index (χ4n) is 2.43. The van der Waals surface area contributed by atoms with E-state index in [0.717, 1.165) is 16.5 Å². The Hall–Kier alpha value is -3.06. The number of amides is 1. The van der Waals surface area contributed by atoms with Crippen LogP contribution in [0.3, 0.4) is 0 Å². The molecular weight excluding hydrogens is 274 g/mol. The van der Waals surface area contributed by atoms with Gasteiger partial charge in [0.05, 0.1) is 6.54 Å². The van der Waals surface area contributed by atoms with Crippen molar-refractivity contribution >= 4 is 16.8 Å². The molecule has 22 heavy (non-hydrogen) atoms. The number of fused-ring (bicyclic) bond motifs is 1. The number of pyridine rings is 1. The number of nitrogens with one attached hydrogen (secondary N) is 1. The predicted molar refractivity (Wildman–Crippen MR) is 86.2 cm³/mol. The van der Waals surface area contributed by atoms with Crippen LogP contribution in [-0.2, 0) is 13.1 Å². The van der Waals surface area contributed by atoms with Gasteiger partial charge < -0.3 is 9.88 Å². The lowest BCUT2D eigenvalue weighted by molar-refractivity contribution is 0.0942. The molecule has 1 aromatic carbocycles. The third-order valence-corrected chi connectivity index (χ3v) is 3.50. The van der Waals surface area contributed by atoms with Gasteiger partial charge >= 0.3 is 0 Å². The van der Waals surface area contributed by atoms with Gasteiger partial charge in [0.15, 0.2) is 0 Å². The monoisotopic (exact) mass is 289 g/mol. The molecule has 2 aromatic heterocycles. The summed E-state index contributed by atoms with van der Waals surface area (Å²) in [6.07, 6.45) is 8.85. The average molecular weight is 289 g/mol. The summed E-state index contributed by atoms with van der Waals surface area (Å²) in [5, 5.41) is 3.93. The predicted octanol–water partition coefficient (Wildman–Crippen LogP) is 2.60. The van der Waals surface area contributed by atoms with Gasteiger partial charge in [-0.1, -0.05) is 24.1 Å². The molecule has 1 N–H and O–H groups in total. The fourth-order valence-corrected chi connectivity index (χ4v) is 2.43. The van der Waals surface area contributed by atoms with Crippen molar-refractivity contribution in [3.05, 3.63) is 66.1 Å². The Bertz CT molecular complexity index is 844. The Balaban J connectivity index is 1.87. The summed E-state index contributed by atoms with van der Waals surface area (Å²) in [7, 11) is 0. The van der Waals surface area contributed by atoms with Gasteiger partial charge in [-0.3, -0.25) is 9.78 Å². The molecule has 0 spiro atoms. The lowest BCUT2D eigenvalue weighted by atomic mass is 10.2. The van der Waals surface area contributed by atoms with Crippen LogP contribution >= 0.6 is 0 Å². The summed E-state index contributed by atoms with van der Waals surface area (Å²) < 4.78 is 1.86. The topological polar surface area (TPSA) is 46.9 Å². The standard InChI is InChI=1S/C18H15N3O/c1-2-11-21-16-6-4-3-5-15(16)12-17(21)18(22)20-13-14-7-9-19-10-8-14/h1,3-10,12H,11,13H2,(H,20,22). The molecule has 0 unspecified atom stereocenters. The summed E-state index contributed by atoms with van der Waals surface area (Å²) >= 11 is 0. The summed E-state index contributed by atoms with van der Waals surface area (Å²) in [5.41, 5.74) is 2.55. The molecule has 108 valence electrons. The minimum absolute atomic E-state index is 0.136. The first-order chi connectivity index (χ1) is 10.8. The van der Waals surface area contributed by atoms with Crippen LogP contribution in [0.5, 0.6) is 0 Å². The number of rotatable bonds is 4. The molecular formula is C18H15N3O. The third kappa shape index (κ3) is 2.70. The second-order valence-electron chi connectivity index (χ2n) is 4.92. The van der Waals surface area contributed by atoms with E-state index in [1.807, 2.05) is 47.0 Å². The molecule has 0 saturated carbocycles. The van der Waals surface area contributed by atoms with Gasteiger partial charge in [0, 0.05) is 29.8 Å². The quantitative estimate of drug-likeness (QED) is 0.750. The molecule has 0 bridgehead atoms. The molecule has 0 radical (unpaired) electrons. The van der Waals surface area contributed by atoms with E-state index in [4.69, 9.17) is 6.42 Å². The number of para-hydroxylation sites is 1. The van der Waals surface area contributed by atoms with Gasteiger partial charge in [0.1, 0.15) is 5.69 Å². The Labute approximate surface area is 128 Å². The number of hydrogen-bond donors (Lipinski definition) is 1. The van der Waals surface area contributed by atoms with Crippen molar-refractivity contribution in [2.24, 2.45) is 0 Å². The molecule has 3 aromatic rings. The maximum Gasteiger partial charge on any atom is 0.268 e. The number of carbonyl (C=O) groups is 1. The highest BCUT2D eigenvalue weighted by Crippen LogP contribution is 2.19. The Morgan fingerprint density at radius 2 is 2.00 bits per heavy atom. The molecule has 4 nitrogen and oxygen atoms in total. The molecule has 2 heterocycles. The number of benzene rings is 1. The average Bonchev–Trinajstić information content (AvgIpc) is 2.93. The van der Waals surface area contributed by atoms with E-state index in [9.17, 15) is 4.79 Å². The van der Waals surface area contributed by atoms with Gasteiger partial charge in [0.25, 0.3) is 5.91 Å². The zero-order valence-electron chi connectivity index (χ0n) is 12.0. The van der Waals surface area contributed by atoms with Gasteiger partial charge in [-0.25, -0.2) is 0 Å². The smallest absolute Gasteiger partial charge is 0.268 e. The van der Waals surface area contributed by atoms with E-state index in [0.29, 0.717) is 18.8 Å². The van der Waals surface area contributed by atoms with Crippen molar-refractivity contribution in [3.63, 3.8) is 0 Å². The highest BCUT2D eigenvalue weighted by Gasteiger charge is 2.14. The Morgan fingerprint density at radius 3 is 2.77 bits per heavy atom. The number of hydrogen-bond acceptors (Lipinski definition) is 2. The maximum absolute atomic E-state index is 12.5. The fraction of sp³-hybridized carbons (Fsp3) is 0.111. The third-order valence-electron chi connectivity index (χ3n) is 3.50. The highest BCUT2D eigenvalue weighted by molar-refractivity contribution is 5.98. The van der Waals surface area contributed by atoms with Crippen molar-refractivity contribution < 1.29 is 4.79 Å². The van der Waals surface area contributed by atoms with Crippen molar-refractivity contribution in [2.75, 3.05) is 0 Å². The first-order valence-electron chi connectivity index (χ1n) is 6.98. The van der Waals surface area contributed by atoms with Gasteiger partial charge in [-0.2, -0.15) is 0 Å². The van der Waals surface area contributed by atoms with Crippen molar-refractivity contribution in [1.29, 1.82) is 0 Å². The van der Waals surface area contributed by atoms with Crippen LogP contribution in [0, 0.1) is 12.3 Å². The van der Waals surface area contributed by atoms with Crippen LogP contribution in [0.15, 0.2) is 54.9 Å². The molecule has 3 rings (SSSR count). The molecule has 0 aliphatic heterocycles. The molecule has 0 aliphatic carbocycles. The Kier molecular flexibility index (Phi) is 3.88. The van der Waals surface area contributed by atoms with Crippen LogP contribution in [0.2, 0.25) is 0 Å². The summed E-state index contributed by atoms with van der Waals surface area (Å²) in [6.45, 7) is 0.824. The summed E-state index contributed by atoms with van der Waals surface area (Å²) in [4.78, 5) is 16.4. The minimum Gasteiger partial charge on any atom is -0.347 e. The second kappa shape index (κ2) is 6.15. The summed E-state index contributed by atoms with van der Waals surface area (Å²) in [5.74, 6) is 2.47. The van der Waals surface area contributed by atoms with E-state index < -0.39 is 0 Å². The maximum atomic E-state index is 12.5.